The fourth-order valence-corrected chi connectivity index (χ4v) is 4.39. The first-order valence-electron chi connectivity index (χ1n) is 9.33. The number of hydrogen-bond donors (Lipinski definition) is 2. The molecule has 30 heavy (non-hydrogen) atoms. The third-order valence-electron chi connectivity index (χ3n) is 4.20. The van der Waals surface area contributed by atoms with Gasteiger partial charge in [0.2, 0.25) is 21.8 Å². The van der Waals surface area contributed by atoms with Crippen molar-refractivity contribution in [1.29, 1.82) is 0 Å². The van der Waals surface area contributed by atoms with E-state index in [2.05, 4.69) is 10.6 Å². The molecular weight excluding hydrogens is 426 g/mol. The predicted octanol–water partition coefficient (Wildman–Crippen LogP) is 3.98. The van der Waals surface area contributed by atoms with Crippen molar-refractivity contribution in [3.8, 4) is 0 Å². The predicted molar refractivity (Wildman–Crippen MR) is 120 cm³/mol. The first kappa shape index (κ1) is 23.6. The summed E-state index contributed by atoms with van der Waals surface area (Å²) in [6, 6.07) is 11.1. The summed E-state index contributed by atoms with van der Waals surface area (Å²) < 4.78 is 26.4. The molecule has 2 aromatic rings. The minimum absolute atomic E-state index is 0.207. The lowest BCUT2D eigenvalue weighted by atomic mass is 10.2. The van der Waals surface area contributed by atoms with Gasteiger partial charge in [-0.25, -0.2) is 8.42 Å². The maximum absolute atomic E-state index is 12.5. The Morgan fingerprint density at radius 2 is 1.67 bits per heavy atom. The molecule has 0 bridgehead atoms. The Morgan fingerprint density at radius 3 is 2.20 bits per heavy atom. The molecule has 2 N–H and O–H groups in total. The van der Waals surface area contributed by atoms with Crippen molar-refractivity contribution in [2.24, 2.45) is 0 Å². The topological polar surface area (TPSA) is 95.6 Å². The van der Waals surface area contributed by atoms with Gasteiger partial charge < -0.3 is 10.6 Å². The Bertz CT molecular complexity index is 1050. The summed E-state index contributed by atoms with van der Waals surface area (Å²) >= 11 is 6.13. The van der Waals surface area contributed by atoms with Crippen LogP contribution in [0.2, 0.25) is 5.02 Å². The third-order valence-corrected chi connectivity index (χ3v) is 6.57. The Kier molecular flexibility index (Phi) is 8.16. The maximum Gasteiger partial charge on any atom is 0.248 e. The SMILES string of the molecule is CCN(CC)S(=O)(=O)c1ccc(/C=C/C(=O)Nc2ccc(NC(C)=O)cc2Cl)cc1. The normalized spacial score (nSPS) is 11.6. The molecule has 0 fully saturated rings. The lowest BCUT2D eigenvalue weighted by Gasteiger charge is -2.18. The van der Waals surface area contributed by atoms with Gasteiger partial charge in [-0.2, -0.15) is 4.31 Å². The summed E-state index contributed by atoms with van der Waals surface area (Å²) in [4.78, 5) is 23.5. The average molecular weight is 450 g/mol. The van der Waals surface area contributed by atoms with Gasteiger partial charge in [0.15, 0.2) is 0 Å². The molecule has 7 nitrogen and oxygen atoms in total. The Labute approximate surface area is 181 Å². The molecule has 0 radical (unpaired) electrons. The molecule has 160 valence electrons. The number of rotatable bonds is 8. The standard InChI is InChI=1S/C21H24ClN3O4S/c1-4-25(5-2)30(28,29)18-10-6-16(7-11-18)8-13-21(27)24-20-12-9-17(14-19(20)22)23-15(3)26/h6-14H,4-5H2,1-3H3,(H,23,26)(H,24,27)/b13-8+. The van der Waals surface area contributed by atoms with Crippen molar-refractivity contribution < 1.29 is 18.0 Å². The minimum atomic E-state index is -3.52. The van der Waals surface area contributed by atoms with E-state index < -0.39 is 15.9 Å². The summed E-state index contributed by atoms with van der Waals surface area (Å²) in [6.45, 7) is 5.76. The summed E-state index contributed by atoms with van der Waals surface area (Å²) in [5.41, 5.74) is 1.61. The van der Waals surface area contributed by atoms with E-state index in [1.165, 1.54) is 35.5 Å². The number of benzene rings is 2. The number of amides is 2. The third kappa shape index (κ3) is 6.16. The van der Waals surface area contributed by atoms with Gasteiger partial charge in [-0.15, -0.1) is 0 Å². The van der Waals surface area contributed by atoms with Gasteiger partial charge in [-0.1, -0.05) is 37.6 Å². The number of hydrogen-bond acceptors (Lipinski definition) is 4. The van der Waals surface area contributed by atoms with E-state index in [1.807, 2.05) is 0 Å². The first-order chi connectivity index (χ1) is 14.2. The van der Waals surface area contributed by atoms with Crippen LogP contribution in [0, 0.1) is 0 Å². The van der Waals surface area contributed by atoms with Gasteiger partial charge in [0.25, 0.3) is 0 Å². The van der Waals surface area contributed by atoms with Gasteiger partial charge >= 0.3 is 0 Å². The van der Waals surface area contributed by atoms with Crippen molar-refractivity contribution in [3.05, 3.63) is 59.1 Å². The van der Waals surface area contributed by atoms with Crippen LogP contribution in [-0.2, 0) is 19.6 Å². The van der Waals surface area contributed by atoms with Gasteiger partial charge in [0.1, 0.15) is 0 Å². The van der Waals surface area contributed by atoms with E-state index in [9.17, 15) is 18.0 Å². The summed E-state index contributed by atoms with van der Waals surface area (Å²) in [5.74, 6) is -0.620. The van der Waals surface area contributed by atoms with Crippen molar-refractivity contribution in [1.82, 2.24) is 4.31 Å². The number of sulfonamides is 1. The van der Waals surface area contributed by atoms with Crippen LogP contribution in [0.25, 0.3) is 6.08 Å². The number of carbonyl (C=O) groups is 2. The zero-order valence-electron chi connectivity index (χ0n) is 17.0. The number of nitrogens with one attached hydrogen (secondary N) is 2. The highest BCUT2D eigenvalue weighted by atomic mass is 35.5. The highest BCUT2D eigenvalue weighted by Crippen LogP contribution is 2.25. The average Bonchev–Trinajstić information content (AvgIpc) is 2.69. The van der Waals surface area contributed by atoms with Crippen molar-refractivity contribution in [2.45, 2.75) is 25.7 Å². The molecule has 2 amide bonds. The van der Waals surface area contributed by atoms with E-state index in [0.717, 1.165) is 0 Å². The molecule has 0 unspecified atom stereocenters. The van der Waals surface area contributed by atoms with Crippen molar-refractivity contribution in [3.63, 3.8) is 0 Å². The second-order valence-electron chi connectivity index (χ2n) is 6.36. The van der Waals surface area contributed by atoms with Crippen LogP contribution >= 0.6 is 11.6 Å². The van der Waals surface area contributed by atoms with Crippen LogP contribution in [0.4, 0.5) is 11.4 Å². The molecular formula is C21H24ClN3O4S. The van der Waals surface area contributed by atoms with Crippen LogP contribution < -0.4 is 10.6 Å². The highest BCUT2D eigenvalue weighted by Gasteiger charge is 2.20. The number of halogens is 1. The molecule has 0 aliphatic rings. The van der Waals surface area contributed by atoms with Crippen LogP contribution in [0.1, 0.15) is 26.3 Å². The molecule has 0 saturated carbocycles. The van der Waals surface area contributed by atoms with Crippen molar-refractivity contribution >= 4 is 50.9 Å². The van der Waals surface area contributed by atoms with E-state index in [1.54, 1.807) is 44.2 Å². The Hall–Kier alpha value is -2.68. The molecule has 0 spiro atoms. The fraction of sp³-hybridized carbons (Fsp3) is 0.238. The molecule has 0 heterocycles. The molecule has 0 atom stereocenters. The number of carbonyl (C=O) groups excluding carboxylic acids is 2. The highest BCUT2D eigenvalue weighted by molar-refractivity contribution is 7.89. The minimum Gasteiger partial charge on any atom is -0.326 e. The van der Waals surface area contributed by atoms with Crippen LogP contribution in [0.5, 0.6) is 0 Å². The number of anilines is 2. The Morgan fingerprint density at radius 1 is 1.03 bits per heavy atom. The first-order valence-corrected chi connectivity index (χ1v) is 11.2. The molecule has 2 aromatic carbocycles. The van der Waals surface area contributed by atoms with E-state index in [-0.39, 0.29) is 15.8 Å². The molecule has 0 saturated heterocycles. The fourth-order valence-electron chi connectivity index (χ4n) is 2.71. The van der Waals surface area contributed by atoms with Gasteiger partial charge in [0.05, 0.1) is 15.6 Å². The zero-order chi connectivity index (χ0) is 22.3. The summed E-state index contributed by atoms with van der Waals surface area (Å²) in [6.07, 6.45) is 2.90. The second kappa shape index (κ2) is 10.4. The molecule has 0 aliphatic heterocycles. The zero-order valence-corrected chi connectivity index (χ0v) is 18.5. The lowest BCUT2D eigenvalue weighted by molar-refractivity contribution is -0.114. The van der Waals surface area contributed by atoms with E-state index >= 15 is 0 Å². The van der Waals surface area contributed by atoms with E-state index in [0.29, 0.717) is 30.0 Å². The smallest absolute Gasteiger partial charge is 0.248 e. The molecule has 2 rings (SSSR count). The second-order valence-corrected chi connectivity index (χ2v) is 8.70. The molecule has 9 heteroatoms. The van der Waals surface area contributed by atoms with Crippen LogP contribution in [0.3, 0.4) is 0 Å². The van der Waals surface area contributed by atoms with E-state index in [4.69, 9.17) is 11.6 Å². The maximum atomic E-state index is 12.5. The molecule has 0 aromatic heterocycles. The van der Waals surface area contributed by atoms with Gasteiger partial charge in [0, 0.05) is 31.8 Å². The van der Waals surface area contributed by atoms with Gasteiger partial charge in [-0.05, 0) is 42.0 Å². The largest absolute Gasteiger partial charge is 0.326 e. The quantitative estimate of drug-likeness (QED) is 0.596. The lowest BCUT2D eigenvalue weighted by Crippen LogP contribution is -2.30. The summed E-state index contributed by atoms with van der Waals surface area (Å²) in [7, 11) is -3.52. The van der Waals surface area contributed by atoms with Crippen LogP contribution in [-0.4, -0.2) is 37.6 Å². The van der Waals surface area contributed by atoms with Crippen LogP contribution in [0.15, 0.2) is 53.4 Å². The number of nitrogens with zero attached hydrogens (tertiary/aromatic N) is 1. The Balaban J connectivity index is 2.06. The summed E-state index contributed by atoms with van der Waals surface area (Å²) in [5, 5.41) is 5.55. The monoisotopic (exact) mass is 449 g/mol. The molecule has 0 aliphatic carbocycles. The van der Waals surface area contributed by atoms with Gasteiger partial charge in [-0.3, -0.25) is 9.59 Å². The van der Waals surface area contributed by atoms with Crippen molar-refractivity contribution in [2.75, 3.05) is 23.7 Å².